The quantitative estimate of drug-likeness (QED) is 0.260. The monoisotopic (exact) mass is 451 g/mol. The van der Waals surface area contributed by atoms with Gasteiger partial charge in [0.05, 0.1) is 16.8 Å². The van der Waals surface area contributed by atoms with Gasteiger partial charge in [-0.3, -0.25) is 0 Å². The number of benzene rings is 5. The van der Waals surface area contributed by atoms with Crippen molar-refractivity contribution >= 4 is 17.1 Å². The van der Waals surface area contributed by atoms with Gasteiger partial charge in [-0.25, -0.2) is 0 Å². The van der Waals surface area contributed by atoms with E-state index in [0.29, 0.717) is 0 Å². The van der Waals surface area contributed by atoms with Gasteiger partial charge in [-0.2, -0.15) is 0 Å². The van der Waals surface area contributed by atoms with Crippen molar-refractivity contribution in [1.29, 1.82) is 0 Å². The molecule has 0 saturated carbocycles. The van der Waals surface area contributed by atoms with Gasteiger partial charge < -0.3 is 4.90 Å². The lowest BCUT2D eigenvalue weighted by Crippen LogP contribution is -2.38. The highest BCUT2D eigenvalue weighted by Gasteiger charge is 2.46. The molecule has 1 heteroatoms. The average molecular weight is 452 g/mol. The van der Waals surface area contributed by atoms with Crippen LogP contribution in [0.2, 0.25) is 0 Å². The summed E-state index contributed by atoms with van der Waals surface area (Å²) in [6.45, 7) is 6.54. The zero-order chi connectivity index (χ0) is 24.0. The molecule has 0 unspecified atom stereocenters. The normalized spacial score (nSPS) is 13.7. The lowest BCUT2D eigenvalue weighted by molar-refractivity contribution is 0.729. The summed E-state index contributed by atoms with van der Waals surface area (Å²) in [6, 6.07) is 44.7. The van der Waals surface area contributed by atoms with Crippen LogP contribution in [-0.4, -0.2) is 0 Å². The molecule has 35 heavy (non-hydrogen) atoms. The van der Waals surface area contributed by atoms with E-state index in [4.69, 9.17) is 0 Å². The Morgan fingerprint density at radius 2 is 0.886 bits per heavy atom. The molecule has 1 heterocycles. The molecule has 0 saturated heterocycles. The summed E-state index contributed by atoms with van der Waals surface area (Å²) in [7, 11) is 0. The smallest absolute Gasteiger partial charge is 0.0742 e. The van der Waals surface area contributed by atoms with Crippen molar-refractivity contribution < 1.29 is 0 Å². The predicted molar refractivity (Wildman–Crippen MR) is 147 cm³/mol. The van der Waals surface area contributed by atoms with E-state index in [1.165, 1.54) is 56.0 Å². The number of anilines is 3. The molecule has 6 rings (SSSR count). The largest absolute Gasteiger partial charge is 0.310 e. The van der Waals surface area contributed by atoms with Gasteiger partial charge >= 0.3 is 0 Å². The fourth-order valence-corrected chi connectivity index (χ4v) is 5.70. The first kappa shape index (κ1) is 21.4. The van der Waals surface area contributed by atoms with Crippen LogP contribution in [0.1, 0.15) is 38.9 Å². The highest BCUT2D eigenvalue weighted by atomic mass is 15.2. The van der Waals surface area contributed by atoms with Crippen LogP contribution in [0.25, 0.3) is 0 Å². The van der Waals surface area contributed by atoms with Crippen molar-refractivity contribution in [3.05, 3.63) is 160 Å². The summed E-state index contributed by atoms with van der Waals surface area (Å²) in [4.78, 5) is 2.44. The third-order valence-electron chi connectivity index (χ3n) is 7.30. The molecule has 1 aliphatic rings. The summed E-state index contributed by atoms with van der Waals surface area (Å²) in [6.07, 6.45) is 0. The first-order valence-electron chi connectivity index (χ1n) is 12.3. The molecule has 0 fully saturated rings. The molecule has 0 amide bonds. The highest BCUT2D eigenvalue weighted by Crippen LogP contribution is 2.57. The van der Waals surface area contributed by atoms with Gasteiger partial charge in [0.25, 0.3) is 0 Å². The Labute approximate surface area is 208 Å². The summed E-state index contributed by atoms with van der Waals surface area (Å²) >= 11 is 0. The molecule has 0 radical (unpaired) electrons. The fraction of sp³-hybridized carbons (Fsp3) is 0.118. The molecule has 170 valence electrons. The number of fused-ring (bicyclic) bond motifs is 2. The van der Waals surface area contributed by atoms with Crippen molar-refractivity contribution in [3.63, 3.8) is 0 Å². The Morgan fingerprint density at radius 3 is 1.34 bits per heavy atom. The topological polar surface area (TPSA) is 3.24 Å². The van der Waals surface area contributed by atoms with Crippen LogP contribution >= 0.6 is 0 Å². The van der Waals surface area contributed by atoms with Crippen LogP contribution in [0, 0.1) is 20.8 Å². The highest BCUT2D eigenvalue weighted by molar-refractivity contribution is 5.89. The maximum absolute atomic E-state index is 2.44. The molecule has 5 aromatic carbocycles. The molecule has 0 aliphatic carbocycles. The lowest BCUT2D eigenvalue weighted by Gasteiger charge is -2.46. The second-order valence-electron chi connectivity index (χ2n) is 9.69. The summed E-state index contributed by atoms with van der Waals surface area (Å²) in [5, 5.41) is 0. The minimum atomic E-state index is -0.424. The first-order valence-corrected chi connectivity index (χ1v) is 12.3. The number of rotatable bonds is 3. The van der Waals surface area contributed by atoms with Gasteiger partial charge in [0.2, 0.25) is 0 Å². The van der Waals surface area contributed by atoms with Gasteiger partial charge in [0.1, 0.15) is 0 Å². The lowest BCUT2D eigenvalue weighted by atomic mass is 9.62. The molecule has 1 nitrogen and oxygen atoms in total. The number of nitrogens with zero attached hydrogens (tertiary/aromatic N) is 1. The summed E-state index contributed by atoms with van der Waals surface area (Å²) < 4.78 is 0. The van der Waals surface area contributed by atoms with Crippen molar-refractivity contribution in [3.8, 4) is 0 Å². The fourth-order valence-electron chi connectivity index (χ4n) is 5.70. The van der Waals surface area contributed by atoms with E-state index in [2.05, 4.69) is 147 Å². The maximum Gasteiger partial charge on any atom is 0.0742 e. The van der Waals surface area contributed by atoms with Gasteiger partial charge in [-0.05, 0) is 67.3 Å². The van der Waals surface area contributed by atoms with E-state index in [1.54, 1.807) is 0 Å². The molecular formula is C34H29N. The maximum atomic E-state index is 2.44. The molecule has 0 atom stereocenters. The third kappa shape index (κ3) is 3.31. The van der Waals surface area contributed by atoms with E-state index in [9.17, 15) is 0 Å². The van der Waals surface area contributed by atoms with Crippen LogP contribution in [0.5, 0.6) is 0 Å². The van der Waals surface area contributed by atoms with Crippen molar-refractivity contribution in [2.75, 3.05) is 4.90 Å². The number of aryl methyl sites for hydroxylation is 3. The Balaban J connectivity index is 1.80. The summed E-state index contributed by atoms with van der Waals surface area (Å²) in [5.41, 5.74) is 12.2. The van der Waals surface area contributed by atoms with Crippen molar-refractivity contribution in [2.24, 2.45) is 0 Å². The second-order valence-corrected chi connectivity index (χ2v) is 9.69. The minimum absolute atomic E-state index is 0.424. The van der Waals surface area contributed by atoms with Crippen LogP contribution in [0.15, 0.2) is 121 Å². The van der Waals surface area contributed by atoms with Crippen molar-refractivity contribution in [2.45, 2.75) is 26.2 Å². The summed E-state index contributed by atoms with van der Waals surface area (Å²) in [5.74, 6) is 0. The van der Waals surface area contributed by atoms with E-state index < -0.39 is 5.41 Å². The molecule has 0 aromatic heterocycles. The van der Waals surface area contributed by atoms with E-state index in [1.807, 2.05) is 0 Å². The zero-order valence-electron chi connectivity index (χ0n) is 20.5. The Bertz CT molecular complexity index is 1400. The van der Waals surface area contributed by atoms with E-state index in [0.717, 1.165) is 0 Å². The first-order chi connectivity index (χ1) is 17.1. The molecule has 0 bridgehead atoms. The molecule has 0 spiro atoms. The Hall–Kier alpha value is -4.10. The zero-order valence-corrected chi connectivity index (χ0v) is 20.5. The second kappa shape index (κ2) is 8.29. The van der Waals surface area contributed by atoms with Gasteiger partial charge in [-0.15, -0.1) is 0 Å². The van der Waals surface area contributed by atoms with Crippen LogP contribution in [0.4, 0.5) is 17.1 Å². The van der Waals surface area contributed by atoms with E-state index in [-0.39, 0.29) is 0 Å². The van der Waals surface area contributed by atoms with Crippen molar-refractivity contribution in [1.82, 2.24) is 0 Å². The minimum Gasteiger partial charge on any atom is -0.310 e. The van der Waals surface area contributed by atoms with E-state index >= 15 is 0 Å². The Morgan fingerprint density at radius 1 is 0.457 bits per heavy atom. The molecular weight excluding hydrogens is 422 g/mol. The standard InChI is InChI=1S/C34H29N/c1-24-14-18-29(19-15-24)35-32-20-16-25(2)22-30(32)34(27-10-6-4-7-11-27,28-12-8-5-9-13-28)31-23-26(3)17-21-33(31)35/h4-23H,1-3H3. The van der Waals surface area contributed by atoms with Gasteiger partial charge in [0.15, 0.2) is 0 Å². The van der Waals surface area contributed by atoms with Gasteiger partial charge in [-0.1, -0.05) is 114 Å². The average Bonchev–Trinajstić information content (AvgIpc) is 2.89. The Kier molecular flexibility index (Phi) is 5.07. The van der Waals surface area contributed by atoms with Crippen LogP contribution in [-0.2, 0) is 5.41 Å². The predicted octanol–water partition coefficient (Wildman–Crippen LogP) is 8.78. The number of hydrogen-bond acceptors (Lipinski definition) is 1. The SMILES string of the molecule is Cc1ccc(N2c3ccc(C)cc3C(c3ccccc3)(c3ccccc3)c3cc(C)ccc32)cc1. The third-order valence-corrected chi connectivity index (χ3v) is 7.30. The molecule has 0 N–H and O–H groups in total. The molecule has 5 aromatic rings. The molecule has 1 aliphatic heterocycles. The van der Waals surface area contributed by atoms with Crippen LogP contribution in [0.3, 0.4) is 0 Å². The number of hydrogen-bond donors (Lipinski definition) is 0. The van der Waals surface area contributed by atoms with Crippen LogP contribution < -0.4 is 4.90 Å². The van der Waals surface area contributed by atoms with Gasteiger partial charge in [0, 0.05) is 5.69 Å².